The van der Waals surface area contributed by atoms with E-state index in [1.165, 1.54) is 0 Å². The minimum atomic E-state index is -4.84. The highest BCUT2D eigenvalue weighted by molar-refractivity contribution is 5.96. The third-order valence-electron chi connectivity index (χ3n) is 3.38. The molecule has 1 aromatic rings. The molecule has 26 heavy (non-hydrogen) atoms. The van der Waals surface area contributed by atoms with E-state index in [9.17, 15) is 40.3 Å². The van der Waals surface area contributed by atoms with Crippen LogP contribution in [0.15, 0.2) is 29.8 Å². The first kappa shape index (κ1) is 19.3. The molecule has 0 heterocycles. The van der Waals surface area contributed by atoms with Crippen molar-refractivity contribution >= 4 is 11.9 Å². The molecule has 1 aliphatic rings. The van der Waals surface area contributed by atoms with E-state index in [1.54, 1.807) is 0 Å². The molecule has 2 atom stereocenters. The van der Waals surface area contributed by atoms with Crippen LogP contribution in [-0.4, -0.2) is 33.5 Å². The number of carboxylic acid groups (broad SMARTS) is 2. The topological polar surface area (TPSA) is 83.8 Å². The van der Waals surface area contributed by atoms with Gasteiger partial charge in [-0.05, 0) is 12.2 Å². The van der Waals surface area contributed by atoms with Gasteiger partial charge in [0.15, 0.2) is 29.0 Å². The zero-order chi connectivity index (χ0) is 20.0. The number of hydrogen-bond donors (Lipinski definition) is 2. The van der Waals surface area contributed by atoms with Crippen molar-refractivity contribution in [3.8, 4) is 5.75 Å². The summed E-state index contributed by atoms with van der Waals surface area (Å²) in [5, 5.41) is 17.4. The van der Waals surface area contributed by atoms with Gasteiger partial charge in [0.25, 0.3) is 5.67 Å². The van der Waals surface area contributed by atoms with Crippen LogP contribution in [0.1, 0.15) is 0 Å². The molecular formula is C14H5F7O5. The lowest BCUT2D eigenvalue weighted by molar-refractivity contribution is -0.172. The SMILES string of the molecule is O=C(O)C1(F)C=CC(Oc2cc(F)c(F)c(F)c2F)=C(F)C1(F)C(=O)O. The summed E-state index contributed by atoms with van der Waals surface area (Å²) in [5.41, 5.74) is -9.25. The van der Waals surface area contributed by atoms with Crippen LogP contribution in [0.25, 0.3) is 0 Å². The zero-order valence-electron chi connectivity index (χ0n) is 12.0. The molecule has 2 rings (SSSR count). The number of allylic oxidation sites excluding steroid dienone is 1. The molecule has 0 spiro atoms. The van der Waals surface area contributed by atoms with E-state index in [4.69, 9.17) is 10.2 Å². The molecule has 2 N–H and O–H groups in total. The Morgan fingerprint density at radius 1 is 0.923 bits per heavy atom. The fourth-order valence-electron chi connectivity index (χ4n) is 2.00. The van der Waals surface area contributed by atoms with Crippen LogP contribution in [-0.2, 0) is 9.59 Å². The number of aliphatic carboxylic acids is 2. The largest absolute Gasteiger partial charge is 0.479 e. The standard InChI is InChI=1S/C14H5F7O5/c15-4-3-6(8(17)9(18)7(4)16)26-5-1-2-13(20,11(22)23)14(21,10(5)19)12(24)25/h1-3H,(H,22,23)(H,24,25). The Balaban J connectivity index is 2.61. The lowest BCUT2D eigenvalue weighted by atomic mass is 9.81. The summed E-state index contributed by atoms with van der Waals surface area (Å²) in [7, 11) is 0. The average molecular weight is 386 g/mol. The zero-order valence-corrected chi connectivity index (χ0v) is 12.0. The smallest absolute Gasteiger partial charge is 0.353 e. The van der Waals surface area contributed by atoms with Crippen molar-refractivity contribution in [3.63, 3.8) is 0 Å². The number of carbonyl (C=O) groups is 2. The molecule has 1 aliphatic carbocycles. The Kier molecular flexibility index (Phi) is 4.48. The van der Waals surface area contributed by atoms with Gasteiger partial charge in [-0.15, -0.1) is 0 Å². The Morgan fingerprint density at radius 2 is 1.50 bits per heavy atom. The highest BCUT2D eigenvalue weighted by Crippen LogP contribution is 2.45. The van der Waals surface area contributed by atoms with Crippen molar-refractivity contribution < 1.29 is 55.3 Å². The monoisotopic (exact) mass is 386 g/mol. The summed E-state index contributed by atoms with van der Waals surface area (Å²) < 4.78 is 99.6. The number of hydrogen-bond acceptors (Lipinski definition) is 3. The Hall–Kier alpha value is -3.05. The maximum atomic E-state index is 14.4. The molecule has 0 bridgehead atoms. The average Bonchev–Trinajstić information content (AvgIpc) is 2.57. The first-order valence-corrected chi connectivity index (χ1v) is 6.32. The summed E-state index contributed by atoms with van der Waals surface area (Å²) in [6.45, 7) is 0. The minimum Gasteiger partial charge on any atom is -0.479 e. The number of alkyl halides is 2. The number of ether oxygens (including phenoxy) is 1. The van der Waals surface area contributed by atoms with Gasteiger partial charge in [0.05, 0.1) is 0 Å². The van der Waals surface area contributed by atoms with Gasteiger partial charge in [0, 0.05) is 6.07 Å². The van der Waals surface area contributed by atoms with Gasteiger partial charge in [-0.1, -0.05) is 0 Å². The van der Waals surface area contributed by atoms with E-state index in [0.29, 0.717) is 0 Å². The van der Waals surface area contributed by atoms with Crippen molar-refractivity contribution in [1.82, 2.24) is 0 Å². The van der Waals surface area contributed by atoms with Crippen molar-refractivity contribution in [2.45, 2.75) is 11.3 Å². The van der Waals surface area contributed by atoms with Crippen LogP contribution >= 0.6 is 0 Å². The van der Waals surface area contributed by atoms with Gasteiger partial charge < -0.3 is 14.9 Å². The molecule has 0 saturated heterocycles. The van der Waals surface area contributed by atoms with E-state index in [0.717, 1.165) is 0 Å². The Labute approximate surface area is 138 Å². The summed E-state index contributed by atoms with van der Waals surface area (Å²) in [5.74, 6) is -20.2. The normalized spacial score (nSPS) is 25.3. The second-order valence-electron chi connectivity index (χ2n) is 4.89. The summed E-state index contributed by atoms with van der Waals surface area (Å²) in [6, 6.07) is -0.114. The fraction of sp³-hybridized carbons (Fsp3) is 0.143. The van der Waals surface area contributed by atoms with Crippen molar-refractivity contribution in [1.29, 1.82) is 0 Å². The lowest BCUT2D eigenvalue weighted by Gasteiger charge is -2.32. The predicted octanol–water partition coefficient (Wildman–Crippen LogP) is 2.96. The third kappa shape index (κ3) is 2.48. The maximum absolute atomic E-state index is 14.4. The molecule has 1 aromatic carbocycles. The van der Waals surface area contributed by atoms with Gasteiger partial charge in [0.1, 0.15) is 0 Å². The van der Waals surface area contributed by atoms with Gasteiger partial charge in [0.2, 0.25) is 11.6 Å². The molecule has 0 fully saturated rings. The summed E-state index contributed by atoms with van der Waals surface area (Å²) >= 11 is 0. The molecule has 0 amide bonds. The molecular weight excluding hydrogens is 381 g/mol. The predicted molar refractivity (Wildman–Crippen MR) is 67.1 cm³/mol. The number of carboxylic acids is 2. The van der Waals surface area contributed by atoms with Crippen LogP contribution in [0.5, 0.6) is 5.75 Å². The molecule has 0 radical (unpaired) electrons. The van der Waals surface area contributed by atoms with E-state index >= 15 is 0 Å². The van der Waals surface area contributed by atoms with E-state index < -0.39 is 63.9 Å². The molecule has 140 valence electrons. The molecule has 0 aromatic heterocycles. The van der Waals surface area contributed by atoms with Gasteiger partial charge in [-0.2, -0.15) is 4.39 Å². The van der Waals surface area contributed by atoms with E-state index in [-0.39, 0.29) is 18.2 Å². The van der Waals surface area contributed by atoms with Gasteiger partial charge >= 0.3 is 17.6 Å². The minimum absolute atomic E-state index is 0.0723. The maximum Gasteiger partial charge on any atom is 0.353 e. The number of rotatable bonds is 4. The van der Waals surface area contributed by atoms with Crippen molar-refractivity contribution in [3.05, 3.63) is 53.1 Å². The quantitative estimate of drug-likeness (QED) is 0.472. The van der Waals surface area contributed by atoms with Crippen LogP contribution < -0.4 is 4.74 Å². The molecule has 0 saturated carbocycles. The van der Waals surface area contributed by atoms with Crippen LogP contribution in [0.4, 0.5) is 30.7 Å². The highest BCUT2D eigenvalue weighted by Gasteiger charge is 2.69. The van der Waals surface area contributed by atoms with E-state index in [1.807, 2.05) is 0 Å². The van der Waals surface area contributed by atoms with Crippen molar-refractivity contribution in [2.24, 2.45) is 0 Å². The summed E-state index contributed by atoms with van der Waals surface area (Å²) in [4.78, 5) is 21.8. The Bertz CT molecular complexity index is 881. The lowest BCUT2D eigenvalue weighted by Crippen LogP contribution is -2.59. The molecule has 5 nitrogen and oxygen atoms in total. The first-order valence-electron chi connectivity index (χ1n) is 6.32. The highest BCUT2D eigenvalue weighted by atomic mass is 19.2. The molecule has 2 unspecified atom stereocenters. The second-order valence-corrected chi connectivity index (χ2v) is 4.89. The van der Waals surface area contributed by atoms with Crippen LogP contribution in [0.2, 0.25) is 0 Å². The molecule has 12 heteroatoms. The number of benzene rings is 1. The van der Waals surface area contributed by atoms with Crippen LogP contribution in [0, 0.1) is 23.3 Å². The van der Waals surface area contributed by atoms with Crippen LogP contribution in [0.3, 0.4) is 0 Å². The number of halogens is 7. The van der Waals surface area contributed by atoms with Gasteiger partial charge in [-0.3, -0.25) is 0 Å². The summed E-state index contributed by atoms with van der Waals surface area (Å²) in [6.07, 6.45) is -0.182. The molecule has 0 aliphatic heterocycles. The van der Waals surface area contributed by atoms with Gasteiger partial charge in [-0.25, -0.2) is 35.9 Å². The van der Waals surface area contributed by atoms with Crippen molar-refractivity contribution in [2.75, 3.05) is 0 Å². The third-order valence-corrected chi connectivity index (χ3v) is 3.38. The second kappa shape index (κ2) is 6.04. The van der Waals surface area contributed by atoms with E-state index in [2.05, 4.69) is 4.74 Å². The Morgan fingerprint density at radius 3 is 2.00 bits per heavy atom. The first-order chi connectivity index (χ1) is 11.9. The fourth-order valence-corrected chi connectivity index (χ4v) is 2.00.